The quantitative estimate of drug-likeness (QED) is 0.795. The van der Waals surface area contributed by atoms with Crippen molar-refractivity contribution in [2.75, 3.05) is 7.11 Å². The summed E-state index contributed by atoms with van der Waals surface area (Å²) in [5, 5.41) is 9.08. The normalized spacial score (nSPS) is 12.3. The fourth-order valence-corrected chi connectivity index (χ4v) is 2.21. The van der Waals surface area contributed by atoms with Crippen molar-refractivity contribution in [3.63, 3.8) is 0 Å². The van der Waals surface area contributed by atoms with E-state index in [9.17, 15) is 4.79 Å². The predicted molar refractivity (Wildman–Crippen MR) is 82.0 cm³/mol. The first-order valence-corrected chi connectivity index (χ1v) is 6.86. The maximum absolute atomic E-state index is 11.1. The third-order valence-corrected chi connectivity index (χ3v) is 3.62. The van der Waals surface area contributed by atoms with Gasteiger partial charge in [-0.3, -0.25) is 4.79 Å². The van der Waals surface area contributed by atoms with Crippen molar-refractivity contribution in [1.29, 1.82) is 0 Å². The molecule has 5 heteroatoms. The summed E-state index contributed by atoms with van der Waals surface area (Å²) in [6.07, 6.45) is 0. The first kappa shape index (κ1) is 14.1. The topological polar surface area (TPSA) is 72.6 Å². The molecule has 0 spiro atoms. The number of carboxylic acid groups (broad SMARTS) is 1. The van der Waals surface area contributed by atoms with Crippen LogP contribution in [0.4, 0.5) is 0 Å². The molecule has 22 heavy (non-hydrogen) atoms. The van der Waals surface area contributed by atoms with Gasteiger partial charge in [-0.25, -0.2) is 4.98 Å². The number of methoxy groups -OCH3 is 1. The van der Waals surface area contributed by atoms with E-state index in [1.165, 1.54) is 0 Å². The van der Waals surface area contributed by atoms with Gasteiger partial charge in [0.25, 0.3) is 0 Å². The molecular weight excluding hydrogens is 282 g/mol. The van der Waals surface area contributed by atoms with Crippen LogP contribution in [0.1, 0.15) is 18.4 Å². The van der Waals surface area contributed by atoms with Crippen LogP contribution >= 0.6 is 0 Å². The molecular formula is C17H15NO4. The number of benzene rings is 2. The maximum Gasteiger partial charge on any atom is 0.310 e. The molecule has 5 nitrogen and oxygen atoms in total. The molecule has 0 saturated heterocycles. The molecule has 0 aliphatic rings. The van der Waals surface area contributed by atoms with E-state index in [0.29, 0.717) is 22.6 Å². The van der Waals surface area contributed by atoms with Gasteiger partial charge in [-0.05, 0) is 48.9 Å². The summed E-state index contributed by atoms with van der Waals surface area (Å²) in [6.45, 7) is 1.65. The molecule has 0 amide bonds. The van der Waals surface area contributed by atoms with Crippen LogP contribution in [0.2, 0.25) is 0 Å². The van der Waals surface area contributed by atoms with E-state index < -0.39 is 11.9 Å². The number of oxazole rings is 1. The van der Waals surface area contributed by atoms with Crippen LogP contribution in [0, 0.1) is 0 Å². The Hall–Kier alpha value is -2.82. The lowest BCUT2D eigenvalue weighted by Crippen LogP contribution is -2.06. The Kier molecular flexibility index (Phi) is 3.55. The van der Waals surface area contributed by atoms with Gasteiger partial charge in [-0.2, -0.15) is 0 Å². The second-order valence-electron chi connectivity index (χ2n) is 5.03. The largest absolute Gasteiger partial charge is 0.497 e. The van der Waals surface area contributed by atoms with Gasteiger partial charge in [0.05, 0.1) is 13.0 Å². The fourth-order valence-electron chi connectivity index (χ4n) is 2.21. The lowest BCUT2D eigenvalue weighted by Gasteiger charge is -2.04. The zero-order valence-corrected chi connectivity index (χ0v) is 12.2. The summed E-state index contributed by atoms with van der Waals surface area (Å²) >= 11 is 0. The Morgan fingerprint density at radius 2 is 1.95 bits per heavy atom. The van der Waals surface area contributed by atoms with Crippen molar-refractivity contribution in [3.8, 4) is 17.2 Å². The van der Waals surface area contributed by atoms with Crippen LogP contribution in [0.15, 0.2) is 46.9 Å². The van der Waals surface area contributed by atoms with Crippen LogP contribution in [0.5, 0.6) is 5.75 Å². The Bertz CT molecular complexity index is 820. The highest BCUT2D eigenvalue weighted by atomic mass is 16.5. The lowest BCUT2D eigenvalue weighted by atomic mass is 10.0. The highest BCUT2D eigenvalue weighted by molar-refractivity contribution is 5.81. The van der Waals surface area contributed by atoms with Crippen LogP contribution in [-0.2, 0) is 4.79 Å². The minimum absolute atomic E-state index is 0.498. The average Bonchev–Trinajstić information content (AvgIpc) is 2.97. The zero-order chi connectivity index (χ0) is 15.7. The smallest absolute Gasteiger partial charge is 0.310 e. The van der Waals surface area contributed by atoms with E-state index in [1.807, 2.05) is 24.3 Å². The summed E-state index contributed by atoms with van der Waals surface area (Å²) < 4.78 is 10.8. The average molecular weight is 297 g/mol. The van der Waals surface area contributed by atoms with Crippen molar-refractivity contribution < 1.29 is 19.1 Å². The van der Waals surface area contributed by atoms with E-state index in [-0.39, 0.29) is 0 Å². The van der Waals surface area contributed by atoms with Gasteiger partial charge in [-0.1, -0.05) is 6.07 Å². The lowest BCUT2D eigenvalue weighted by molar-refractivity contribution is -0.138. The molecule has 3 aromatic rings. The number of nitrogens with zero attached hydrogens (tertiary/aromatic N) is 1. The highest BCUT2D eigenvalue weighted by Crippen LogP contribution is 2.28. The summed E-state index contributed by atoms with van der Waals surface area (Å²) in [4.78, 5) is 15.5. The molecule has 112 valence electrons. The third-order valence-electron chi connectivity index (χ3n) is 3.62. The minimum atomic E-state index is -0.863. The van der Waals surface area contributed by atoms with Crippen molar-refractivity contribution in [1.82, 2.24) is 4.98 Å². The first-order valence-electron chi connectivity index (χ1n) is 6.86. The second-order valence-corrected chi connectivity index (χ2v) is 5.03. The monoisotopic (exact) mass is 297 g/mol. The number of hydrogen-bond acceptors (Lipinski definition) is 4. The van der Waals surface area contributed by atoms with E-state index in [4.69, 9.17) is 14.3 Å². The number of carboxylic acids is 1. The number of ether oxygens (including phenoxy) is 1. The van der Waals surface area contributed by atoms with Gasteiger partial charge >= 0.3 is 5.97 Å². The van der Waals surface area contributed by atoms with Crippen LogP contribution in [0.25, 0.3) is 22.6 Å². The van der Waals surface area contributed by atoms with E-state index in [0.717, 1.165) is 11.3 Å². The van der Waals surface area contributed by atoms with Gasteiger partial charge in [-0.15, -0.1) is 0 Å². The third kappa shape index (κ3) is 2.53. The van der Waals surface area contributed by atoms with Crippen molar-refractivity contribution in [3.05, 3.63) is 48.0 Å². The Morgan fingerprint density at radius 1 is 1.23 bits per heavy atom. The molecule has 1 heterocycles. The second kappa shape index (κ2) is 5.52. The molecule has 0 aliphatic heterocycles. The van der Waals surface area contributed by atoms with Crippen LogP contribution in [-0.4, -0.2) is 23.2 Å². The molecule has 2 aromatic carbocycles. The Morgan fingerprint density at radius 3 is 2.59 bits per heavy atom. The van der Waals surface area contributed by atoms with E-state index in [2.05, 4.69) is 4.98 Å². The molecule has 0 fully saturated rings. The molecule has 1 N–H and O–H groups in total. The summed E-state index contributed by atoms with van der Waals surface area (Å²) in [5.41, 5.74) is 2.82. The van der Waals surface area contributed by atoms with Crippen molar-refractivity contribution in [2.45, 2.75) is 12.8 Å². The van der Waals surface area contributed by atoms with E-state index in [1.54, 1.807) is 32.2 Å². The molecule has 0 unspecified atom stereocenters. The summed E-state index contributed by atoms with van der Waals surface area (Å²) in [7, 11) is 1.61. The molecule has 0 aliphatic carbocycles. The fraction of sp³-hybridized carbons (Fsp3) is 0.176. The number of fused-ring (bicyclic) bond motifs is 1. The molecule has 1 aromatic heterocycles. The molecule has 0 bridgehead atoms. The molecule has 3 rings (SSSR count). The SMILES string of the molecule is COc1ccc(-c2nc3cc([C@@H](C)C(=O)O)ccc3o2)cc1. The Labute approximate surface area is 127 Å². The maximum atomic E-state index is 11.1. The molecule has 0 saturated carbocycles. The van der Waals surface area contributed by atoms with Gasteiger partial charge in [0.15, 0.2) is 5.58 Å². The number of aliphatic carboxylic acids is 1. The summed E-state index contributed by atoms with van der Waals surface area (Å²) in [5.74, 6) is -0.182. The van der Waals surface area contributed by atoms with Crippen molar-refractivity contribution in [2.24, 2.45) is 0 Å². The highest BCUT2D eigenvalue weighted by Gasteiger charge is 2.16. The van der Waals surface area contributed by atoms with Crippen LogP contribution in [0.3, 0.4) is 0 Å². The number of aromatic nitrogens is 1. The van der Waals surface area contributed by atoms with Gasteiger partial charge in [0, 0.05) is 5.56 Å². The van der Waals surface area contributed by atoms with Crippen molar-refractivity contribution >= 4 is 17.1 Å². The standard InChI is InChI=1S/C17H15NO4/c1-10(17(19)20)12-5-8-15-14(9-12)18-16(22-15)11-3-6-13(21-2)7-4-11/h3-10H,1-2H3,(H,19,20)/t10-/m1/s1. The van der Waals surface area contributed by atoms with Crippen LogP contribution < -0.4 is 4.74 Å². The minimum Gasteiger partial charge on any atom is -0.497 e. The number of hydrogen-bond donors (Lipinski definition) is 1. The van der Waals surface area contributed by atoms with Gasteiger partial charge in [0.2, 0.25) is 5.89 Å². The first-order chi connectivity index (χ1) is 10.6. The number of rotatable bonds is 4. The summed E-state index contributed by atoms with van der Waals surface area (Å²) in [6, 6.07) is 12.7. The van der Waals surface area contributed by atoms with E-state index >= 15 is 0 Å². The zero-order valence-electron chi connectivity index (χ0n) is 12.2. The molecule has 1 atom stereocenters. The Balaban J connectivity index is 2.00. The molecule has 0 radical (unpaired) electrons. The number of carbonyl (C=O) groups is 1. The predicted octanol–water partition coefficient (Wildman–Crippen LogP) is 3.69. The van der Waals surface area contributed by atoms with Gasteiger partial charge < -0.3 is 14.3 Å². The van der Waals surface area contributed by atoms with Gasteiger partial charge in [0.1, 0.15) is 11.3 Å².